The highest BCUT2D eigenvalue weighted by Gasteiger charge is 2.50. The lowest BCUT2D eigenvalue weighted by molar-refractivity contribution is -0.277. The number of nitrogens with two attached hydrogens (primary N) is 1. The topological polar surface area (TPSA) is 574 Å². The van der Waals surface area contributed by atoms with E-state index in [-0.39, 0.29) is 28.4 Å². The minimum atomic E-state index is -2.42. The molecule has 8 aliphatic heterocycles. The number of carbonyl (C=O) groups excluding carboxylic acids is 6. The first-order chi connectivity index (χ1) is 51.9. The van der Waals surface area contributed by atoms with Crippen molar-refractivity contribution in [3.63, 3.8) is 0 Å². The van der Waals surface area contributed by atoms with E-state index in [1.165, 1.54) is 49.5 Å². The van der Waals surface area contributed by atoms with Gasteiger partial charge in [-0.3, -0.25) is 28.8 Å². The lowest BCUT2D eigenvalue weighted by atomic mass is 9.89. The molecule has 0 saturated carbocycles. The van der Waals surface area contributed by atoms with Crippen molar-refractivity contribution < 1.29 is 138 Å². The average molecular weight is 1550 g/mol. The molecular formula is C71H66Cl2N8O28. The van der Waals surface area contributed by atoms with Gasteiger partial charge in [0.1, 0.15) is 119 Å². The largest absolute Gasteiger partial charge is 0.508 e. The number of carbonyl (C=O) groups is 8. The van der Waals surface area contributed by atoms with Crippen LogP contribution in [-0.2, 0) is 54.3 Å². The molecule has 0 radical (unpaired) electrons. The van der Waals surface area contributed by atoms with Gasteiger partial charge >= 0.3 is 11.9 Å². The number of benzene rings is 7. The molecule has 2 saturated heterocycles. The normalized spacial score (nSPS) is 28.2. The summed E-state index contributed by atoms with van der Waals surface area (Å²) in [5.74, 6) is -18.5. The number of phenols is 4. The number of hydrogen-bond donors (Lipinski definition) is 21. The molecule has 36 nitrogen and oxygen atoms in total. The minimum Gasteiger partial charge on any atom is -0.508 e. The first-order valence-corrected chi connectivity index (χ1v) is 33.8. The number of amides is 6. The number of carboxylic acids is 2. The van der Waals surface area contributed by atoms with E-state index in [0.29, 0.717) is 5.56 Å². The molecule has 17 bridgehead atoms. The van der Waals surface area contributed by atoms with Gasteiger partial charge in [-0.15, -0.1) is 0 Å². The van der Waals surface area contributed by atoms with E-state index >= 15 is 24.0 Å². The number of aromatic hydroxyl groups is 4. The average Bonchev–Trinajstić information content (AvgIpc) is 0.763. The van der Waals surface area contributed by atoms with Crippen LogP contribution in [0.2, 0.25) is 10.0 Å². The van der Waals surface area contributed by atoms with Crippen molar-refractivity contribution in [2.24, 2.45) is 5.73 Å². The summed E-state index contributed by atoms with van der Waals surface area (Å²) < 4.78 is 42.9. The molecule has 15 rings (SSSR count). The van der Waals surface area contributed by atoms with Gasteiger partial charge in [0.15, 0.2) is 35.1 Å². The van der Waals surface area contributed by atoms with E-state index in [2.05, 4.69) is 37.2 Å². The van der Waals surface area contributed by atoms with Gasteiger partial charge in [0.25, 0.3) is 0 Å². The summed E-state index contributed by atoms with van der Waals surface area (Å²) in [6.45, 7) is -0.985. The summed E-state index contributed by atoms with van der Waals surface area (Å²) in [4.78, 5) is 120. The molecule has 6 amide bonds. The van der Waals surface area contributed by atoms with Crippen LogP contribution in [0.3, 0.4) is 0 Å². The molecule has 22 N–H and O–H groups in total. The van der Waals surface area contributed by atoms with E-state index in [1.54, 1.807) is 0 Å². The predicted molar refractivity (Wildman–Crippen MR) is 368 cm³/mol. The maximum absolute atomic E-state index is 16.4. The van der Waals surface area contributed by atoms with Gasteiger partial charge in [-0.25, -0.2) is 9.59 Å². The van der Waals surface area contributed by atoms with Gasteiger partial charge in [0.2, 0.25) is 53.8 Å². The highest BCUT2D eigenvalue weighted by atomic mass is 35.5. The number of aliphatic hydroxyl groups is 7. The number of aliphatic carboxylic acids is 2. The number of aliphatic hydroxyl groups excluding tert-OH is 7. The quantitative estimate of drug-likeness (QED) is 0.0969. The number of nitrogens with one attached hydrogen (secondary N) is 7. The van der Waals surface area contributed by atoms with Crippen LogP contribution in [0, 0.1) is 0 Å². The van der Waals surface area contributed by atoms with Crippen LogP contribution < -0.4 is 66.6 Å². The fourth-order valence-electron chi connectivity index (χ4n) is 13.3. The number of likely N-dealkylation sites (N-methyl/N-ethyl adjacent to an activating group) is 1. The molecule has 0 unspecified atom stereocenters. The molecule has 572 valence electrons. The molecule has 0 aromatic heterocycles. The van der Waals surface area contributed by atoms with Gasteiger partial charge in [0.05, 0.1) is 22.7 Å². The smallest absolute Gasteiger partial charge is 0.335 e. The Balaban J connectivity index is 1.06. The predicted octanol–water partition coefficient (Wildman–Crippen LogP) is 0.250. The van der Waals surface area contributed by atoms with Crippen LogP contribution in [0.5, 0.6) is 69.0 Å². The highest BCUT2D eigenvalue weighted by Crippen LogP contribution is 2.50. The summed E-state index contributed by atoms with van der Waals surface area (Å²) >= 11 is 14.0. The van der Waals surface area contributed by atoms with Crippen molar-refractivity contribution in [3.05, 3.63) is 164 Å². The molecule has 8 aliphatic rings. The molecule has 0 spiro atoms. The number of phenolic OH excluding ortho intramolecular Hbond substituents is 4. The van der Waals surface area contributed by atoms with Crippen LogP contribution in [0.4, 0.5) is 0 Å². The third-order valence-electron chi connectivity index (χ3n) is 18.9. The summed E-state index contributed by atoms with van der Waals surface area (Å²) in [5, 5.41) is 162. The summed E-state index contributed by atoms with van der Waals surface area (Å²) in [6.07, 6.45) is -21.3. The van der Waals surface area contributed by atoms with Crippen molar-refractivity contribution >= 4 is 70.6 Å². The molecule has 8 heterocycles. The van der Waals surface area contributed by atoms with Gasteiger partial charge in [-0.05, 0) is 108 Å². The summed E-state index contributed by atoms with van der Waals surface area (Å²) in [7, 11) is 1.42. The Bertz CT molecular complexity index is 4840. The molecule has 2 fully saturated rings. The molecule has 7 aromatic carbocycles. The second-order valence-electron chi connectivity index (χ2n) is 26.0. The van der Waals surface area contributed by atoms with E-state index in [0.717, 1.165) is 72.8 Å². The number of ether oxygens (including phenoxy) is 7. The Morgan fingerprint density at radius 2 is 1.18 bits per heavy atom. The monoisotopic (exact) mass is 1550 g/mol. The van der Waals surface area contributed by atoms with Crippen molar-refractivity contribution in [1.82, 2.24) is 37.2 Å². The molecule has 109 heavy (non-hydrogen) atoms. The minimum absolute atomic E-state index is 0.130. The molecular weight excluding hydrogens is 1480 g/mol. The van der Waals surface area contributed by atoms with Crippen LogP contribution >= 0.6 is 23.2 Å². The fraction of sp³-hybridized carbons (Fsp3) is 0.296. The second-order valence-corrected chi connectivity index (χ2v) is 26.8. The van der Waals surface area contributed by atoms with Crippen molar-refractivity contribution in [1.29, 1.82) is 0 Å². The van der Waals surface area contributed by atoms with Gasteiger partial charge < -0.3 is 142 Å². The van der Waals surface area contributed by atoms with Gasteiger partial charge in [0, 0.05) is 40.8 Å². The fourth-order valence-corrected chi connectivity index (χ4v) is 13.7. The summed E-state index contributed by atoms with van der Waals surface area (Å²) in [5.41, 5.74) is 3.24. The van der Waals surface area contributed by atoms with E-state index in [9.17, 15) is 80.8 Å². The Kier molecular flexibility index (Phi) is 21.1. The standard InChI is InChI=1S/C71H66Cl2N8O28/c1-75-48-25-5-10-37(85)40(15-25)104-30-20-33(46(73)38(86)21-30)51-66(97)78-50-27-16-42(103-29-7-2-23(3-8-29)12-35(62(93)79-51)76-63(48)94)60(108-70-47(74)56(89)58(91)61(109-70)69(101)102)43(17-27)105-39-11-6-26(14-34(39)72)54(87)53-67(98)80-52(68(99)100)32-18-28(83)19-41(106-71-59(92)57(90)55(88)44(22-82)107-71)45(32)31-13-24(4-9-36(31)84)49(64(95)81-53)77-65(50)96/h2-11,13-21,35,44,47-59,61,70-71,75,82-92H,12,22,74H2,1H3,(H,76,94)(H,77,96)(H,78,97)(H,79,93)(H,80,98)(H,81,95)(H,99,100)(H,101,102)/t35-,44-,47-,48+,49-,50-,51+,52+,53+,54-,55-,56-,57+,58+,59+,61+,70-,71+/m1/s1. The lowest BCUT2D eigenvalue weighted by Crippen LogP contribution is -2.64. The maximum atomic E-state index is 16.4. The molecule has 7 aromatic rings. The Labute approximate surface area is 623 Å². The number of rotatable bonds is 8. The zero-order chi connectivity index (χ0) is 78.0. The molecule has 0 aliphatic carbocycles. The molecule has 38 heteroatoms. The van der Waals surface area contributed by atoms with Crippen molar-refractivity contribution in [3.8, 4) is 80.1 Å². The Morgan fingerprint density at radius 1 is 0.541 bits per heavy atom. The van der Waals surface area contributed by atoms with Crippen LogP contribution in [0.25, 0.3) is 11.1 Å². The third-order valence-corrected chi connectivity index (χ3v) is 19.6. The first kappa shape index (κ1) is 75.9. The van der Waals surface area contributed by atoms with Crippen molar-refractivity contribution in [2.45, 2.75) is 116 Å². The second kappa shape index (κ2) is 30.4. The number of carboxylic acid groups (broad SMARTS) is 2. The Hall–Kier alpha value is -11.4. The van der Waals surface area contributed by atoms with Gasteiger partial charge in [-0.2, -0.15) is 0 Å². The Morgan fingerprint density at radius 3 is 1.87 bits per heavy atom. The SMILES string of the molecule is CN[C@@H]1C(=O)N[C@@H]2Cc3ccc(cc3)Oc3cc4cc(c3O[C@@H]3O[C@H](C(=O)O)[C@@H](O)[C@H](O)[C@H]3N)Oc3ccc(cc3Cl)[C@@H](O)[C@@H]3NC(=O)[C@H](NC(=O)[C@@H]4NC(=O)[C@@H](NC2=O)c2cc(cc(O)c2Cl)Oc2cc1ccc2O)c1ccc(O)c(c1)-c1c(O[C@H]2O[C@H](CO)[C@@H](O)[C@H](O)[C@@H]2O)cc(O)cc1[C@@H](C(=O)O)NC3=O. The van der Waals surface area contributed by atoms with Crippen molar-refractivity contribution in [2.75, 3.05) is 13.7 Å². The van der Waals surface area contributed by atoms with Gasteiger partial charge in [-0.1, -0.05) is 53.5 Å². The molecule has 18 atom stereocenters. The van der Waals surface area contributed by atoms with E-state index < -0.39 is 265 Å². The highest BCUT2D eigenvalue weighted by molar-refractivity contribution is 6.33. The summed E-state index contributed by atoms with van der Waals surface area (Å²) in [6, 6.07) is 4.60. The van der Waals surface area contributed by atoms with Crippen LogP contribution in [0.15, 0.2) is 115 Å². The van der Waals surface area contributed by atoms with Crippen LogP contribution in [0.1, 0.15) is 75.3 Å². The zero-order valence-corrected chi connectivity index (χ0v) is 57.6. The lowest BCUT2D eigenvalue weighted by Gasteiger charge is -2.40. The number of fused-ring (bicyclic) bond motifs is 14. The number of halogens is 2. The maximum Gasteiger partial charge on any atom is 0.335 e. The first-order valence-electron chi connectivity index (χ1n) is 33.1. The zero-order valence-electron chi connectivity index (χ0n) is 56.0. The van der Waals surface area contributed by atoms with Crippen LogP contribution in [-0.4, -0.2) is 201 Å². The van der Waals surface area contributed by atoms with E-state index in [1.807, 2.05) is 0 Å². The number of hydrogen-bond acceptors (Lipinski definition) is 28. The van der Waals surface area contributed by atoms with E-state index in [4.69, 9.17) is 62.1 Å². The third kappa shape index (κ3) is 14.8.